The van der Waals surface area contributed by atoms with Gasteiger partial charge in [-0.25, -0.2) is 9.97 Å². The van der Waals surface area contributed by atoms with Crippen molar-refractivity contribution in [3.8, 4) is 5.82 Å². The minimum Gasteiger partial charge on any atom is -0.316 e. The molecule has 6 heteroatoms. The summed E-state index contributed by atoms with van der Waals surface area (Å²) in [6.07, 6.45) is 1.79. The molecule has 0 fully saturated rings. The highest BCUT2D eigenvalue weighted by Gasteiger charge is 2.10. The third kappa shape index (κ3) is 2.45. The predicted octanol–water partition coefficient (Wildman–Crippen LogP) is 1.65. The van der Waals surface area contributed by atoms with Gasteiger partial charge in [-0.15, -0.1) is 5.10 Å². The van der Waals surface area contributed by atoms with Crippen LogP contribution in [0, 0.1) is 13.8 Å². The quantitative estimate of drug-likeness (QED) is 0.901. The van der Waals surface area contributed by atoms with Crippen LogP contribution in [0.25, 0.3) is 5.82 Å². The summed E-state index contributed by atoms with van der Waals surface area (Å²) in [4.78, 5) is 8.56. The zero-order valence-electron chi connectivity index (χ0n) is 10.0. The second kappa shape index (κ2) is 4.81. The Hall–Kier alpha value is -1.46. The van der Waals surface area contributed by atoms with Crippen molar-refractivity contribution >= 4 is 11.6 Å². The first-order chi connectivity index (χ1) is 8.11. The zero-order valence-corrected chi connectivity index (χ0v) is 10.8. The van der Waals surface area contributed by atoms with Gasteiger partial charge in [0.2, 0.25) is 0 Å². The molecule has 2 aromatic heterocycles. The topological polar surface area (TPSA) is 55.6 Å². The lowest BCUT2D eigenvalue weighted by Crippen LogP contribution is -2.08. The second-order valence-corrected chi connectivity index (χ2v) is 4.20. The lowest BCUT2D eigenvalue weighted by molar-refractivity contribution is 0.786. The van der Waals surface area contributed by atoms with E-state index in [0.29, 0.717) is 16.7 Å². The summed E-state index contributed by atoms with van der Waals surface area (Å²) in [5, 5.41) is 7.89. The Labute approximate surface area is 105 Å². The van der Waals surface area contributed by atoms with Crippen molar-refractivity contribution in [2.45, 2.75) is 20.4 Å². The molecule has 2 aromatic rings. The Kier molecular flexibility index (Phi) is 3.40. The highest BCUT2D eigenvalue weighted by Crippen LogP contribution is 2.19. The van der Waals surface area contributed by atoms with Gasteiger partial charge in [0.1, 0.15) is 11.6 Å². The van der Waals surface area contributed by atoms with Crippen molar-refractivity contribution in [1.29, 1.82) is 0 Å². The summed E-state index contributed by atoms with van der Waals surface area (Å²) in [6.45, 7) is 4.45. The van der Waals surface area contributed by atoms with Gasteiger partial charge in [0.05, 0.1) is 5.02 Å². The van der Waals surface area contributed by atoms with Gasteiger partial charge in [-0.05, 0) is 32.5 Å². The van der Waals surface area contributed by atoms with Gasteiger partial charge >= 0.3 is 0 Å². The molecule has 0 aliphatic heterocycles. The van der Waals surface area contributed by atoms with Crippen LogP contribution in [0.1, 0.15) is 17.2 Å². The van der Waals surface area contributed by atoms with Crippen LogP contribution in [-0.2, 0) is 6.54 Å². The van der Waals surface area contributed by atoms with Crippen LogP contribution < -0.4 is 5.32 Å². The van der Waals surface area contributed by atoms with Crippen LogP contribution in [0.15, 0.2) is 12.3 Å². The molecule has 0 bridgehead atoms. The fraction of sp³-hybridized carbons (Fsp3) is 0.364. The largest absolute Gasteiger partial charge is 0.316 e. The summed E-state index contributed by atoms with van der Waals surface area (Å²) < 4.78 is 1.65. The van der Waals surface area contributed by atoms with Crippen LogP contribution >= 0.6 is 11.6 Å². The van der Waals surface area contributed by atoms with E-state index in [9.17, 15) is 0 Å². The third-order valence-electron chi connectivity index (χ3n) is 2.33. The van der Waals surface area contributed by atoms with Crippen molar-refractivity contribution in [2.24, 2.45) is 0 Å². The number of halogens is 1. The number of rotatable bonds is 3. The molecule has 0 aromatic carbocycles. The third-order valence-corrected chi connectivity index (χ3v) is 2.61. The van der Waals surface area contributed by atoms with Crippen LogP contribution in [-0.4, -0.2) is 26.8 Å². The van der Waals surface area contributed by atoms with E-state index in [1.54, 1.807) is 10.9 Å². The molecule has 0 amide bonds. The van der Waals surface area contributed by atoms with Crippen LogP contribution in [0.5, 0.6) is 0 Å². The van der Waals surface area contributed by atoms with Gasteiger partial charge < -0.3 is 5.32 Å². The number of hydrogen-bond donors (Lipinski definition) is 1. The molecule has 0 saturated carbocycles. The van der Waals surface area contributed by atoms with Crippen molar-refractivity contribution < 1.29 is 0 Å². The smallest absolute Gasteiger partial charge is 0.174 e. The minimum absolute atomic E-state index is 0.575. The van der Waals surface area contributed by atoms with Crippen LogP contribution in [0.2, 0.25) is 5.02 Å². The average molecular weight is 252 g/mol. The number of aromatic nitrogens is 4. The normalized spacial score (nSPS) is 10.8. The molecule has 0 unspecified atom stereocenters. The number of nitrogens with zero attached hydrogens (tertiary/aromatic N) is 4. The van der Waals surface area contributed by atoms with Crippen molar-refractivity contribution in [2.75, 3.05) is 7.05 Å². The summed E-state index contributed by atoms with van der Waals surface area (Å²) in [5.41, 5.74) is 1.04. The Balaban J connectivity index is 2.43. The maximum Gasteiger partial charge on any atom is 0.174 e. The van der Waals surface area contributed by atoms with Gasteiger partial charge in [0.15, 0.2) is 5.82 Å². The molecule has 2 rings (SSSR count). The lowest BCUT2D eigenvalue weighted by atomic mass is 10.3. The van der Waals surface area contributed by atoms with Gasteiger partial charge in [0.25, 0.3) is 0 Å². The Morgan fingerprint density at radius 3 is 2.71 bits per heavy atom. The van der Waals surface area contributed by atoms with E-state index >= 15 is 0 Å². The van der Waals surface area contributed by atoms with Gasteiger partial charge in [-0.1, -0.05) is 11.6 Å². The first-order valence-corrected chi connectivity index (χ1v) is 5.69. The Morgan fingerprint density at radius 2 is 2.18 bits per heavy atom. The summed E-state index contributed by atoms with van der Waals surface area (Å²) in [5.74, 6) is 2.10. The van der Waals surface area contributed by atoms with E-state index in [-0.39, 0.29) is 0 Å². The molecule has 17 heavy (non-hydrogen) atoms. The molecule has 0 atom stereocenters. The Morgan fingerprint density at radius 1 is 1.41 bits per heavy atom. The molecule has 90 valence electrons. The average Bonchev–Trinajstić information content (AvgIpc) is 2.58. The highest BCUT2D eigenvalue weighted by atomic mass is 35.5. The zero-order chi connectivity index (χ0) is 12.4. The highest BCUT2D eigenvalue weighted by molar-refractivity contribution is 6.32. The molecule has 5 nitrogen and oxygen atoms in total. The van der Waals surface area contributed by atoms with Crippen molar-refractivity contribution in [3.63, 3.8) is 0 Å². The van der Waals surface area contributed by atoms with E-state index in [1.165, 1.54) is 0 Å². The lowest BCUT2D eigenvalue weighted by Gasteiger charge is -2.06. The molecule has 0 spiro atoms. The van der Waals surface area contributed by atoms with Gasteiger partial charge in [0, 0.05) is 12.7 Å². The van der Waals surface area contributed by atoms with E-state index in [2.05, 4.69) is 20.4 Å². The molecule has 0 aliphatic carbocycles. The maximum atomic E-state index is 6.20. The van der Waals surface area contributed by atoms with Gasteiger partial charge in [-0.3, -0.25) is 0 Å². The molecule has 0 radical (unpaired) electrons. The van der Waals surface area contributed by atoms with Crippen molar-refractivity contribution in [1.82, 2.24) is 25.1 Å². The molecular formula is C11H14ClN5. The van der Waals surface area contributed by atoms with E-state index in [1.807, 2.05) is 27.0 Å². The standard InChI is InChI=1S/C11H14ClN5/c1-7-15-8(2)17(16-7)11-10(12)4-9(5-13-3)6-14-11/h4,6,13H,5H2,1-3H3. The molecule has 1 N–H and O–H groups in total. The monoisotopic (exact) mass is 251 g/mol. The molecule has 2 heterocycles. The first kappa shape index (κ1) is 12.0. The Bertz CT molecular complexity index is 535. The summed E-state index contributed by atoms with van der Waals surface area (Å²) in [6, 6.07) is 1.89. The van der Waals surface area contributed by atoms with Gasteiger partial charge in [-0.2, -0.15) is 4.68 Å². The second-order valence-electron chi connectivity index (χ2n) is 3.80. The fourth-order valence-electron chi connectivity index (χ4n) is 1.65. The summed E-state index contributed by atoms with van der Waals surface area (Å²) >= 11 is 6.20. The molecule has 0 aliphatic rings. The molecule has 0 saturated heterocycles. The number of nitrogens with one attached hydrogen (secondary N) is 1. The number of aryl methyl sites for hydroxylation is 2. The SMILES string of the molecule is CNCc1cnc(-n2nc(C)nc2C)c(Cl)c1. The van der Waals surface area contributed by atoms with Crippen LogP contribution in [0.3, 0.4) is 0 Å². The first-order valence-electron chi connectivity index (χ1n) is 5.31. The predicted molar refractivity (Wildman–Crippen MR) is 66.4 cm³/mol. The molecular weight excluding hydrogens is 238 g/mol. The van der Waals surface area contributed by atoms with Crippen LogP contribution in [0.4, 0.5) is 0 Å². The minimum atomic E-state index is 0.575. The van der Waals surface area contributed by atoms with E-state index < -0.39 is 0 Å². The van der Waals surface area contributed by atoms with E-state index in [0.717, 1.165) is 17.9 Å². The summed E-state index contributed by atoms with van der Waals surface area (Å²) in [7, 11) is 1.88. The maximum absolute atomic E-state index is 6.20. The van der Waals surface area contributed by atoms with Crippen molar-refractivity contribution in [3.05, 3.63) is 34.5 Å². The van der Waals surface area contributed by atoms with E-state index in [4.69, 9.17) is 11.6 Å². The fourth-order valence-corrected chi connectivity index (χ4v) is 1.92. The number of pyridine rings is 1. The number of hydrogen-bond acceptors (Lipinski definition) is 4.